The van der Waals surface area contributed by atoms with Crippen LogP contribution in [0.3, 0.4) is 0 Å². The Hall–Kier alpha value is -1.53. The second-order valence-electron chi connectivity index (χ2n) is 3.46. The fourth-order valence-corrected chi connectivity index (χ4v) is 1.82. The van der Waals surface area contributed by atoms with Crippen molar-refractivity contribution in [3.8, 4) is 0 Å². The van der Waals surface area contributed by atoms with E-state index in [1.165, 1.54) is 18.9 Å². The Morgan fingerprint density at radius 2 is 2.00 bits per heavy atom. The number of amides is 1. The summed E-state index contributed by atoms with van der Waals surface area (Å²) in [5.74, 6) is 0.649. The van der Waals surface area contributed by atoms with Crippen molar-refractivity contribution in [3.05, 3.63) is 29.8 Å². The molecule has 0 saturated heterocycles. The maximum atomic E-state index is 11.5. The molecule has 98 valence electrons. The maximum Gasteiger partial charge on any atom is 0.337 e. The maximum absolute atomic E-state index is 11.5. The molecule has 6 heteroatoms. The number of carbonyl (C=O) groups is 2. The van der Waals surface area contributed by atoms with Crippen LogP contribution in [0.5, 0.6) is 0 Å². The van der Waals surface area contributed by atoms with Gasteiger partial charge in [0, 0.05) is 18.0 Å². The quantitative estimate of drug-likeness (QED) is 0.596. The summed E-state index contributed by atoms with van der Waals surface area (Å²) in [7, 11) is 1.33. The molecule has 0 saturated carbocycles. The van der Waals surface area contributed by atoms with E-state index in [1.807, 2.05) is 0 Å². The first-order valence-corrected chi connectivity index (χ1v) is 6.59. The van der Waals surface area contributed by atoms with Gasteiger partial charge in [0.05, 0.1) is 18.4 Å². The third-order valence-electron chi connectivity index (χ3n) is 2.09. The molecule has 0 fully saturated rings. The van der Waals surface area contributed by atoms with Gasteiger partial charge >= 0.3 is 5.97 Å². The molecule has 18 heavy (non-hydrogen) atoms. The zero-order chi connectivity index (χ0) is 13.4. The predicted octanol–water partition coefficient (Wildman–Crippen LogP) is 1.10. The Morgan fingerprint density at radius 3 is 2.56 bits per heavy atom. The van der Waals surface area contributed by atoms with E-state index in [1.54, 1.807) is 24.3 Å². The molecule has 0 aliphatic rings. The minimum absolute atomic E-state index is 0.0840. The fraction of sp³-hybridized carbons (Fsp3) is 0.333. The lowest BCUT2D eigenvalue weighted by molar-refractivity contribution is -0.113. The summed E-state index contributed by atoms with van der Waals surface area (Å²) in [5, 5.41) is 2.73. The van der Waals surface area contributed by atoms with Gasteiger partial charge in [-0.2, -0.15) is 11.8 Å². The molecule has 0 heterocycles. The standard InChI is InChI=1S/C12H16N2O3S/c1-17-12(16)9-2-4-10(5-3-9)14-11(15)8-18-7-6-13/h2-5H,6-8,13H2,1H3,(H,14,15). The number of nitrogens with two attached hydrogens (primary N) is 1. The highest BCUT2D eigenvalue weighted by Crippen LogP contribution is 2.11. The molecule has 0 aliphatic carbocycles. The lowest BCUT2D eigenvalue weighted by Crippen LogP contribution is -2.15. The van der Waals surface area contributed by atoms with Gasteiger partial charge in [-0.1, -0.05) is 0 Å². The molecule has 0 aliphatic heterocycles. The lowest BCUT2D eigenvalue weighted by Gasteiger charge is -2.05. The zero-order valence-electron chi connectivity index (χ0n) is 10.1. The number of anilines is 1. The average molecular weight is 268 g/mol. The topological polar surface area (TPSA) is 81.4 Å². The number of carbonyl (C=O) groups excluding carboxylic acids is 2. The Kier molecular flexibility index (Phi) is 6.24. The molecule has 0 unspecified atom stereocenters. The number of hydrogen-bond donors (Lipinski definition) is 2. The molecule has 0 aromatic heterocycles. The molecule has 0 spiro atoms. The number of benzene rings is 1. The van der Waals surface area contributed by atoms with Crippen LogP contribution in [0.2, 0.25) is 0 Å². The largest absolute Gasteiger partial charge is 0.465 e. The highest BCUT2D eigenvalue weighted by molar-refractivity contribution is 7.99. The Balaban J connectivity index is 2.48. The summed E-state index contributed by atoms with van der Waals surface area (Å²) in [6.45, 7) is 0.561. The molecule has 3 N–H and O–H groups in total. The molecule has 0 bridgehead atoms. The van der Waals surface area contributed by atoms with Gasteiger partial charge < -0.3 is 15.8 Å². The first-order chi connectivity index (χ1) is 8.67. The van der Waals surface area contributed by atoms with Crippen molar-refractivity contribution in [2.45, 2.75) is 0 Å². The summed E-state index contributed by atoms with van der Waals surface area (Å²) in [4.78, 5) is 22.7. The van der Waals surface area contributed by atoms with Crippen molar-refractivity contribution in [1.29, 1.82) is 0 Å². The number of thioether (sulfide) groups is 1. The van der Waals surface area contributed by atoms with Gasteiger partial charge in [-0.3, -0.25) is 4.79 Å². The Labute approximate surface area is 110 Å². The first-order valence-electron chi connectivity index (χ1n) is 5.43. The molecule has 5 nitrogen and oxygen atoms in total. The van der Waals surface area contributed by atoms with Crippen LogP contribution < -0.4 is 11.1 Å². The van der Waals surface area contributed by atoms with Crippen LogP contribution >= 0.6 is 11.8 Å². The minimum atomic E-state index is -0.397. The highest BCUT2D eigenvalue weighted by atomic mass is 32.2. The van der Waals surface area contributed by atoms with Crippen molar-refractivity contribution in [1.82, 2.24) is 0 Å². The van der Waals surface area contributed by atoms with Gasteiger partial charge in [-0.25, -0.2) is 4.79 Å². The second kappa shape index (κ2) is 7.73. The van der Waals surface area contributed by atoms with E-state index in [4.69, 9.17) is 5.73 Å². The average Bonchev–Trinajstić information content (AvgIpc) is 2.39. The van der Waals surface area contributed by atoms with Crippen molar-refractivity contribution >= 4 is 29.3 Å². The van der Waals surface area contributed by atoms with Crippen LogP contribution in [0.1, 0.15) is 10.4 Å². The van der Waals surface area contributed by atoms with E-state index in [-0.39, 0.29) is 5.91 Å². The van der Waals surface area contributed by atoms with Crippen molar-refractivity contribution < 1.29 is 14.3 Å². The van der Waals surface area contributed by atoms with Crippen molar-refractivity contribution in [2.75, 3.05) is 30.5 Å². The van der Waals surface area contributed by atoms with Crippen LogP contribution in [0.4, 0.5) is 5.69 Å². The van der Waals surface area contributed by atoms with Crippen LogP contribution in [-0.4, -0.2) is 37.0 Å². The van der Waals surface area contributed by atoms with Crippen LogP contribution in [0, 0.1) is 0 Å². The van der Waals surface area contributed by atoms with Gasteiger partial charge in [0.15, 0.2) is 0 Å². The number of ether oxygens (including phenoxy) is 1. The second-order valence-corrected chi connectivity index (χ2v) is 4.56. The van der Waals surface area contributed by atoms with Gasteiger partial charge in [0.25, 0.3) is 0 Å². The normalized spacial score (nSPS) is 9.89. The molecule has 0 atom stereocenters. The summed E-state index contributed by atoms with van der Waals surface area (Å²) in [6.07, 6.45) is 0. The monoisotopic (exact) mass is 268 g/mol. The highest BCUT2D eigenvalue weighted by Gasteiger charge is 2.06. The van der Waals surface area contributed by atoms with Gasteiger partial charge in [0.1, 0.15) is 0 Å². The summed E-state index contributed by atoms with van der Waals surface area (Å²) in [5.41, 5.74) is 6.43. The third kappa shape index (κ3) is 4.77. The molecule has 1 amide bonds. The number of methoxy groups -OCH3 is 1. The smallest absolute Gasteiger partial charge is 0.337 e. The number of esters is 1. The SMILES string of the molecule is COC(=O)c1ccc(NC(=O)CSCCN)cc1. The summed E-state index contributed by atoms with van der Waals surface area (Å²) < 4.78 is 4.58. The zero-order valence-corrected chi connectivity index (χ0v) is 11.0. The molecule has 1 aromatic carbocycles. The predicted molar refractivity (Wildman–Crippen MR) is 72.8 cm³/mol. The Morgan fingerprint density at radius 1 is 1.33 bits per heavy atom. The van der Waals surface area contributed by atoms with Gasteiger partial charge in [-0.15, -0.1) is 0 Å². The van der Waals surface area contributed by atoms with Crippen LogP contribution in [0.25, 0.3) is 0 Å². The van der Waals surface area contributed by atoms with Gasteiger partial charge in [-0.05, 0) is 24.3 Å². The van der Waals surface area contributed by atoms with Crippen molar-refractivity contribution in [3.63, 3.8) is 0 Å². The first kappa shape index (κ1) is 14.5. The molecular formula is C12H16N2O3S. The van der Waals surface area contributed by atoms with Crippen LogP contribution in [0.15, 0.2) is 24.3 Å². The summed E-state index contributed by atoms with van der Waals surface area (Å²) >= 11 is 1.48. The number of nitrogens with one attached hydrogen (secondary N) is 1. The summed E-state index contributed by atoms with van der Waals surface area (Å²) in [6, 6.07) is 6.54. The van der Waals surface area contributed by atoms with E-state index >= 15 is 0 Å². The van der Waals surface area contributed by atoms with E-state index in [2.05, 4.69) is 10.1 Å². The minimum Gasteiger partial charge on any atom is -0.465 e. The number of hydrogen-bond acceptors (Lipinski definition) is 5. The lowest BCUT2D eigenvalue weighted by atomic mass is 10.2. The Bertz CT molecular complexity index is 406. The van der Waals surface area contributed by atoms with E-state index in [9.17, 15) is 9.59 Å². The van der Waals surface area contributed by atoms with E-state index in [0.29, 0.717) is 23.5 Å². The van der Waals surface area contributed by atoms with E-state index < -0.39 is 5.97 Å². The third-order valence-corrected chi connectivity index (χ3v) is 3.08. The number of rotatable bonds is 6. The van der Waals surface area contributed by atoms with E-state index in [0.717, 1.165) is 5.75 Å². The van der Waals surface area contributed by atoms with Crippen LogP contribution in [-0.2, 0) is 9.53 Å². The molecule has 0 radical (unpaired) electrons. The molecular weight excluding hydrogens is 252 g/mol. The molecule has 1 aromatic rings. The molecule has 1 rings (SSSR count). The van der Waals surface area contributed by atoms with Gasteiger partial charge in [0.2, 0.25) is 5.91 Å². The fourth-order valence-electron chi connectivity index (χ4n) is 1.25. The van der Waals surface area contributed by atoms with Crippen molar-refractivity contribution in [2.24, 2.45) is 5.73 Å².